The summed E-state index contributed by atoms with van der Waals surface area (Å²) in [6, 6.07) is 0.508. The van der Waals surface area contributed by atoms with Gasteiger partial charge in [-0.25, -0.2) is 0 Å². The van der Waals surface area contributed by atoms with Crippen molar-refractivity contribution < 1.29 is 9.84 Å². The Morgan fingerprint density at radius 2 is 2.28 bits per heavy atom. The monoisotopic (exact) mass is 255 g/mol. The molecule has 1 heterocycles. The lowest BCUT2D eigenvalue weighted by Gasteiger charge is -2.37. The van der Waals surface area contributed by atoms with Crippen molar-refractivity contribution in [2.24, 2.45) is 11.8 Å². The lowest BCUT2D eigenvalue weighted by Crippen LogP contribution is -2.48. The highest BCUT2D eigenvalue weighted by Gasteiger charge is 2.34. The molecule has 2 fully saturated rings. The van der Waals surface area contributed by atoms with E-state index in [1.54, 1.807) is 0 Å². The molecule has 0 aromatic carbocycles. The third-order valence-electron chi connectivity index (χ3n) is 4.73. The summed E-state index contributed by atoms with van der Waals surface area (Å²) in [4.78, 5) is 0. The largest absolute Gasteiger partial charge is 0.389 e. The molecule has 0 aromatic rings. The molecule has 2 rings (SSSR count). The molecule has 3 nitrogen and oxygen atoms in total. The summed E-state index contributed by atoms with van der Waals surface area (Å²) in [6.45, 7) is 7.03. The molecule has 0 bridgehead atoms. The first-order valence-electron chi connectivity index (χ1n) is 7.66. The SMILES string of the molecule is CCC(NCC1(O)CCCC(C)C1)C1CCOC1. The Hall–Kier alpha value is -0.120. The Balaban J connectivity index is 1.81. The highest BCUT2D eigenvalue weighted by atomic mass is 16.5. The lowest BCUT2D eigenvalue weighted by atomic mass is 9.78. The van der Waals surface area contributed by atoms with Gasteiger partial charge in [0.05, 0.1) is 12.2 Å². The summed E-state index contributed by atoms with van der Waals surface area (Å²) in [5.74, 6) is 1.31. The molecule has 0 amide bonds. The van der Waals surface area contributed by atoms with Crippen molar-refractivity contribution in [3.63, 3.8) is 0 Å². The van der Waals surface area contributed by atoms with E-state index in [-0.39, 0.29) is 0 Å². The van der Waals surface area contributed by atoms with Gasteiger partial charge in [-0.15, -0.1) is 0 Å². The standard InChI is InChI=1S/C15H29NO2/c1-3-14(13-6-8-18-10-13)16-11-15(17)7-4-5-12(2)9-15/h12-14,16-17H,3-11H2,1-2H3. The van der Waals surface area contributed by atoms with Gasteiger partial charge in [0.2, 0.25) is 0 Å². The van der Waals surface area contributed by atoms with E-state index in [9.17, 15) is 5.11 Å². The zero-order chi connectivity index (χ0) is 13.0. The van der Waals surface area contributed by atoms with E-state index in [1.807, 2.05) is 0 Å². The van der Waals surface area contributed by atoms with Crippen LogP contribution < -0.4 is 5.32 Å². The van der Waals surface area contributed by atoms with Crippen LogP contribution in [0.1, 0.15) is 52.4 Å². The van der Waals surface area contributed by atoms with Crippen molar-refractivity contribution in [2.45, 2.75) is 64.0 Å². The Bertz CT molecular complexity index is 253. The van der Waals surface area contributed by atoms with E-state index < -0.39 is 5.60 Å². The predicted octanol–water partition coefficient (Wildman–Crippen LogP) is 2.33. The molecule has 4 atom stereocenters. The molecule has 0 radical (unpaired) electrons. The van der Waals surface area contributed by atoms with Crippen LogP contribution in [0.2, 0.25) is 0 Å². The topological polar surface area (TPSA) is 41.5 Å². The van der Waals surface area contributed by atoms with Crippen molar-refractivity contribution in [3.05, 3.63) is 0 Å². The van der Waals surface area contributed by atoms with Crippen LogP contribution in [0, 0.1) is 11.8 Å². The maximum atomic E-state index is 10.6. The fraction of sp³-hybridized carbons (Fsp3) is 1.00. The van der Waals surface area contributed by atoms with Gasteiger partial charge >= 0.3 is 0 Å². The van der Waals surface area contributed by atoms with E-state index in [0.717, 1.165) is 39.0 Å². The zero-order valence-electron chi connectivity index (χ0n) is 12.0. The van der Waals surface area contributed by atoms with Crippen molar-refractivity contribution in [3.8, 4) is 0 Å². The Labute approximate surface area is 111 Å². The number of aliphatic hydroxyl groups is 1. The summed E-state index contributed by atoms with van der Waals surface area (Å²) in [7, 11) is 0. The summed E-state index contributed by atoms with van der Waals surface area (Å²) in [6.07, 6.45) is 6.65. The van der Waals surface area contributed by atoms with Gasteiger partial charge in [0, 0.05) is 19.2 Å². The van der Waals surface area contributed by atoms with Gasteiger partial charge in [-0.05, 0) is 37.5 Å². The average molecular weight is 255 g/mol. The molecule has 0 spiro atoms. The highest BCUT2D eigenvalue weighted by Crippen LogP contribution is 2.32. The smallest absolute Gasteiger partial charge is 0.0774 e. The van der Waals surface area contributed by atoms with Gasteiger partial charge in [-0.1, -0.05) is 26.7 Å². The van der Waals surface area contributed by atoms with Crippen molar-refractivity contribution in [2.75, 3.05) is 19.8 Å². The molecule has 3 heteroatoms. The summed E-state index contributed by atoms with van der Waals surface area (Å²) in [5.41, 5.74) is -0.468. The van der Waals surface area contributed by atoms with Crippen molar-refractivity contribution >= 4 is 0 Å². The number of rotatable bonds is 5. The number of ether oxygens (including phenoxy) is 1. The Morgan fingerprint density at radius 3 is 2.89 bits per heavy atom. The number of hydrogen-bond acceptors (Lipinski definition) is 3. The Kier molecular flexibility index (Phi) is 5.05. The van der Waals surface area contributed by atoms with Crippen molar-refractivity contribution in [1.29, 1.82) is 0 Å². The second-order valence-electron chi connectivity index (χ2n) is 6.45. The second kappa shape index (κ2) is 6.36. The maximum Gasteiger partial charge on any atom is 0.0774 e. The molecule has 1 aliphatic heterocycles. The average Bonchev–Trinajstić information content (AvgIpc) is 2.83. The molecule has 1 aliphatic carbocycles. The molecule has 106 valence electrons. The maximum absolute atomic E-state index is 10.6. The second-order valence-corrected chi connectivity index (χ2v) is 6.45. The zero-order valence-corrected chi connectivity index (χ0v) is 12.0. The Morgan fingerprint density at radius 1 is 1.44 bits per heavy atom. The van der Waals surface area contributed by atoms with Crippen LogP contribution in [0.15, 0.2) is 0 Å². The van der Waals surface area contributed by atoms with E-state index in [2.05, 4.69) is 19.2 Å². The van der Waals surface area contributed by atoms with Gasteiger partial charge < -0.3 is 15.2 Å². The number of hydrogen-bond donors (Lipinski definition) is 2. The van der Waals surface area contributed by atoms with Gasteiger partial charge in [0.25, 0.3) is 0 Å². The van der Waals surface area contributed by atoms with Crippen LogP contribution in [-0.2, 0) is 4.74 Å². The minimum Gasteiger partial charge on any atom is -0.389 e. The lowest BCUT2D eigenvalue weighted by molar-refractivity contribution is -0.0153. The van der Waals surface area contributed by atoms with Crippen LogP contribution >= 0.6 is 0 Å². The van der Waals surface area contributed by atoms with E-state index in [0.29, 0.717) is 17.9 Å². The van der Waals surface area contributed by atoms with Gasteiger partial charge in [-0.2, -0.15) is 0 Å². The molecule has 1 saturated carbocycles. The van der Waals surface area contributed by atoms with Gasteiger partial charge in [0.15, 0.2) is 0 Å². The first-order chi connectivity index (χ1) is 8.63. The first-order valence-corrected chi connectivity index (χ1v) is 7.66. The van der Waals surface area contributed by atoms with Crippen LogP contribution in [0.25, 0.3) is 0 Å². The fourth-order valence-corrected chi connectivity index (χ4v) is 3.63. The van der Waals surface area contributed by atoms with Crippen LogP contribution in [0.4, 0.5) is 0 Å². The first kappa shape index (κ1) is 14.3. The molecular formula is C15H29NO2. The summed E-state index contributed by atoms with van der Waals surface area (Å²) >= 11 is 0. The molecular weight excluding hydrogens is 226 g/mol. The van der Waals surface area contributed by atoms with E-state index >= 15 is 0 Å². The van der Waals surface area contributed by atoms with Gasteiger partial charge in [-0.3, -0.25) is 0 Å². The highest BCUT2D eigenvalue weighted by molar-refractivity contribution is 4.89. The normalized spacial score (nSPS) is 38.8. The minimum atomic E-state index is -0.468. The third-order valence-corrected chi connectivity index (χ3v) is 4.73. The molecule has 1 saturated heterocycles. The summed E-state index contributed by atoms with van der Waals surface area (Å²) < 4.78 is 5.47. The quantitative estimate of drug-likeness (QED) is 0.792. The molecule has 0 aromatic heterocycles. The van der Waals surface area contributed by atoms with E-state index in [4.69, 9.17) is 4.74 Å². The van der Waals surface area contributed by atoms with Crippen molar-refractivity contribution in [1.82, 2.24) is 5.32 Å². The van der Waals surface area contributed by atoms with Crippen LogP contribution in [0.3, 0.4) is 0 Å². The van der Waals surface area contributed by atoms with Gasteiger partial charge in [0.1, 0.15) is 0 Å². The van der Waals surface area contributed by atoms with Crippen LogP contribution in [-0.4, -0.2) is 36.5 Å². The van der Waals surface area contributed by atoms with E-state index in [1.165, 1.54) is 19.3 Å². The molecule has 18 heavy (non-hydrogen) atoms. The summed E-state index contributed by atoms with van der Waals surface area (Å²) in [5, 5.41) is 14.2. The third kappa shape index (κ3) is 3.69. The molecule has 2 aliphatic rings. The predicted molar refractivity (Wildman–Crippen MR) is 73.6 cm³/mol. The number of nitrogens with one attached hydrogen (secondary N) is 1. The molecule has 4 unspecified atom stereocenters. The molecule has 2 N–H and O–H groups in total. The van der Waals surface area contributed by atoms with Crippen LogP contribution in [0.5, 0.6) is 0 Å². The minimum absolute atomic E-state index is 0.468. The fourth-order valence-electron chi connectivity index (χ4n) is 3.63.